The summed E-state index contributed by atoms with van der Waals surface area (Å²) in [7, 11) is -3.90. The van der Waals surface area contributed by atoms with Gasteiger partial charge in [-0.1, -0.05) is 23.7 Å². The lowest BCUT2D eigenvalue weighted by molar-refractivity contribution is -0.137. The van der Waals surface area contributed by atoms with E-state index in [9.17, 15) is 18.0 Å². The van der Waals surface area contributed by atoms with E-state index in [2.05, 4.69) is 10.0 Å². The first-order valence-corrected chi connectivity index (χ1v) is 12.3. The second-order valence-electron chi connectivity index (χ2n) is 6.49. The highest BCUT2D eigenvalue weighted by atomic mass is 35.5. The van der Waals surface area contributed by atoms with Gasteiger partial charge in [-0.2, -0.15) is 16.5 Å². The van der Waals surface area contributed by atoms with E-state index in [1.165, 1.54) is 36.0 Å². The van der Waals surface area contributed by atoms with Gasteiger partial charge >= 0.3 is 5.97 Å². The molecule has 7 nitrogen and oxygen atoms in total. The quantitative estimate of drug-likeness (QED) is 0.464. The second kappa shape index (κ2) is 11.4. The van der Waals surface area contributed by atoms with Gasteiger partial charge in [-0.05, 0) is 66.8 Å². The molecule has 0 heterocycles. The lowest BCUT2D eigenvalue weighted by Gasteiger charge is -2.18. The molecule has 1 unspecified atom stereocenters. The number of carboxylic acids is 1. The van der Waals surface area contributed by atoms with Gasteiger partial charge in [-0.15, -0.1) is 0 Å². The average Bonchev–Trinajstić information content (AvgIpc) is 2.70. The zero-order chi connectivity index (χ0) is 22.1. The van der Waals surface area contributed by atoms with Crippen LogP contribution in [-0.4, -0.2) is 43.5 Å². The van der Waals surface area contributed by atoms with Crippen LogP contribution in [-0.2, 0) is 26.0 Å². The van der Waals surface area contributed by atoms with E-state index in [0.29, 0.717) is 29.3 Å². The normalized spacial score (nSPS) is 12.3. The zero-order valence-corrected chi connectivity index (χ0v) is 18.7. The number of thioether (sulfide) groups is 1. The number of amides is 1. The minimum atomic E-state index is -3.90. The fraction of sp³-hybridized carbons (Fsp3) is 0.300. The highest BCUT2D eigenvalue weighted by Gasteiger charge is 2.25. The molecule has 0 fully saturated rings. The Morgan fingerprint density at radius 2 is 1.73 bits per heavy atom. The van der Waals surface area contributed by atoms with Crippen LogP contribution in [0.15, 0.2) is 53.4 Å². The molecule has 2 aromatic carbocycles. The van der Waals surface area contributed by atoms with Crippen molar-refractivity contribution >= 4 is 50.9 Å². The van der Waals surface area contributed by atoms with Gasteiger partial charge in [0.2, 0.25) is 15.9 Å². The molecule has 0 saturated heterocycles. The molecule has 0 aliphatic rings. The molecule has 10 heteroatoms. The highest BCUT2D eigenvalue weighted by molar-refractivity contribution is 7.98. The number of carbonyl (C=O) groups excluding carboxylic acids is 1. The van der Waals surface area contributed by atoms with Gasteiger partial charge in [0.15, 0.2) is 0 Å². The Morgan fingerprint density at radius 1 is 1.10 bits per heavy atom. The topological polar surface area (TPSA) is 113 Å². The standard InChI is InChI=1S/C20H23ClN2O5S2/c1-29-13-12-18(23-30(27,28)17-9-5-15(21)6-10-17)20(26)22-16-7-2-14(3-8-16)4-11-19(24)25/h2-3,5-10,18,23H,4,11-13H2,1H3,(H,22,26)(H,24,25). The highest BCUT2D eigenvalue weighted by Crippen LogP contribution is 2.16. The van der Waals surface area contributed by atoms with Crippen molar-refractivity contribution < 1.29 is 23.1 Å². The van der Waals surface area contributed by atoms with Crippen molar-refractivity contribution in [3.05, 3.63) is 59.1 Å². The van der Waals surface area contributed by atoms with Gasteiger partial charge in [0.25, 0.3) is 0 Å². The van der Waals surface area contributed by atoms with Crippen LogP contribution >= 0.6 is 23.4 Å². The maximum absolute atomic E-state index is 12.7. The first-order chi connectivity index (χ1) is 14.2. The summed E-state index contributed by atoms with van der Waals surface area (Å²) in [6.45, 7) is 0. The fourth-order valence-electron chi connectivity index (χ4n) is 2.58. The number of nitrogens with one attached hydrogen (secondary N) is 2. The summed E-state index contributed by atoms with van der Waals surface area (Å²) in [5, 5.41) is 11.9. The summed E-state index contributed by atoms with van der Waals surface area (Å²) in [6.07, 6.45) is 2.60. The summed E-state index contributed by atoms with van der Waals surface area (Å²) >= 11 is 7.32. The maximum Gasteiger partial charge on any atom is 0.303 e. The third kappa shape index (κ3) is 7.64. The number of rotatable bonds is 11. The van der Waals surface area contributed by atoms with Crippen LogP contribution in [0.25, 0.3) is 0 Å². The molecule has 30 heavy (non-hydrogen) atoms. The Hall–Kier alpha value is -2.07. The number of carbonyl (C=O) groups is 2. The minimum Gasteiger partial charge on any atom is -0.481 e. The van der Waals surface area contributed by atoms with Gasteiger partial charge in [0, 0.05) is 17.1 Å². The van der Waals surface area contributed by atoms with E-state index in [1.807, 2.05) is 6.26 Å². The van der Waals surface area contributed by atoms with Gasteiger partial charge in [0.1, 0.15) is 6.04 Å². The third-order valence-electron chi connectivity index (χ3n) is 4.20. The Morgan fingerprint density at radius 3 is 2.30 bits per heavy atom. The molecular formula is C20H23ClN2O5S2. The number of benzene rings is 2. The first kappa shape index (κ1) is 24.2. The van der Waals surface area contributed by atoms with Gasteiger partial charge in [-0.25, -0.2) is 8.42 Å². The lowest BCUT2D eigenvalue weighted by atomic mass is 10.1. The lowest BCUT2D eigenvalue weighted by Crippen LogP contribution is -2.44. The summed E-state index contributed by atoms with van der Waals surface area (Å²) in [5.41, 5.74) is 1.33. The summed E-state index contributed by atoms with van der Waals surface area (Å²) < 4.78 is 27.8. The van der Waals surface area contributed by atoms with Crippen LogP contribution in [0.4, 0.5) is 5.69 Å². The Kier molecular flexibility index (Phi) is 9.16. The summed E-state index contributed by atoms with van der Waals surface area (Å²) in [4.78, 5) is 23.4. The van der Waals surface area contributed by atoms with Gasteiger partial charge < -0.3 is 10.4 Å². The molecule has 2 rings (SSSR count). The van der Waals surface area contributed by atoms with Crippen LogP contribution in [0, 0.1) is 0 Å². The number of anilines is 1. The van der Waals surface area contributed by atoms with Crippen molar-refractivity contribution in [3.63, 3.8) is 0 Å². The monoisotopic (exact) mass is 470 g/mol. The Labute approximate surface area is 185 Å². The van der Waals surface area contributed by atoms with Crippen LogP contribution < -0.4 is 10.0 Å². The van der Waals surface area contributed by atoms with Gasteiger partial charge in [-0.3, -0.25) is 9.59 Å². The predicted molar refractivity (Wildman–Crippen MR) is 120 cm³/mol. The van der Waals surface area contributed by atoms with E-state index in [0.717, 1.165) is 5.56 Å². The van der Waals surface area contributed by atoms with Crippen LogP contribution in [0.2, 0.25) is 5.02 Å². The minimum absolute atomic E-state index is 0.0228. The molecule has 0 saturated carbocycles. The van der Waals surface area contributed by atoms with Crippen LogP contribution in [0.5, 0.6) is 0 Å². The average molecular weight is 471 g/mol. The third-order valence-corrected chi connectivity index (χ3v) is 6.58. The number of aryl methyl sites for hydroxylation is 1. The van der Waals surface area contributed by atoms with Crippen molar-refractivity contribution in [2.45, 2.75) is 30.2 Å². The zero-order valence-electron chi connectivity index (χ0n) is 16.3. The number of hydrogen-bond acceptors (Lipinski definition) is 5. The largest absolute Gasteiger partial charge is 0.481 e. The summed E-state index contributed by atoms with van der Waals surface area (Å²) in [5.74, 6) is -0.758. The molecule has 0 radical (unpaired) electrons. The SMILES string of the molecule is CSCCC(NS(=O)(=O)c1ccc(Cl)cc1)C(=O)Nc1ccc(CCC(=O)O)cc1. The molecule has 0 aromatic heterocycles. The molecule has 0 aliphatic heterocycles. The molecule has 0 spiro atoms. The number of halogens is 1. The van der Waals surface area contributed by atoms with E-state index in [-0.39, 0.29) is 11.3 Å². The van der Waals surface area contributed by atoms with E-state index in [4.69, 9.17) is 16.7 Å². The van der Waals surface area contributed by atoms with Crippen molar-refractivity contribution in [2.24, 2.45) is 0 Å². The van der Waals surface area contributed by atoms with Crippen LogP contribution in [0.3, 0.4) is 0 Å². The smallest absolute Gasteiger partial charge is 0.303 e. The number of aliphatic carboxylic acids is 1. The van der Waals surface area contributed by atoms with Crippen molar-refractivity contribution in [1.82, 2.24) is 4.72 Å². The maximum atomic E-state index is 12.7. The van der Waals surface area contributed by atoms with Crippen molar-refractivity contribution in [1.29, 1.82) is 0 Å². The molecule has 0 aliphatic carbocycles. The molecule has 1 amide bonds. The summed E-state index contributed by atoms with van der Waals surface area (Å²) in [6, 6.07) is 11.5. The molecule has 162 valence electrons. The number of hydrogen-bond donors (Lipinski definition) is 3. The number of carboxylic acid groups (broad SMARTS) is 1. The van der Waals surface area contributed by atoms with Crippen molar-refractivity contribution in [2.75, 3.05) is 17.3 Å². The number of sulfonamides is 1. The first-order valence-electron chi connectivity index (χ1n) is 9.09. The Balaban J connectivity index is 2.09. The molecule has 0 bridgehead atoms. The van der Waals surface area contributed by atoms with Crippen LogP contribution in [0.1, 0.15) is 18.4 Å². The molecule has 1 atom stereocenters. The molecular weight excluding hydrogens is 448 g/mol. The molecule has 2 aromatic rings. The second-order valence-corrected chi connectivity index (χ2v) is 9.63. The van der Waals surface area contributed by atoms with Gasteiger partial charge in [0.05, 0.1) is 4.90 Å². The van der Waals surface area contributed by atoms with E-state index >= 15 is 0 Å². The van der Waals surface area contributed by atoms with E-state index < -0.39 is 27.9 Å². The fourth-order valence-corrected chi connectivity index (χ4v) is 4.41. The molecule has 3 N–H and O–H groups in total. The van der Waals surface area contributed by atoms with Crippen molar-refractivity contribution in [3.8, 4) is 0 Å². The predicted octanol–water partition coefficient (Wildman–Crippen LogP) is 3.40. The van der Waals surface area contributed by atoms with E-state index in [1.54, 1.807) is 24.3 Å². The Bertz CT molecular complexity index is 964.